The third-order valence-corrected chi connectivity index (χ3v) is 4.55. The molecule has 0 atom stereocenters. The van der Waals surface area contributed by atoms with Gasteiger partial charge in [-0.2, -0.15) is 0 Å². The number of rotatable bonds is 6. The van der Waals surface area contributed by atoms with E-state index in [1.54, 1.807) is 11.3 Å². The first-order valence-electron chi connectivity index (χ1n) is 7.50. The first-order chi connectivity index (χ1) is 10.3. The number of aryl methyl sites for hydroxylation is 1. The number of fused-ring (bicyclic) bond motifs is 1. The first kappa shape index (κ1) is 14.3. The van der Waals surface area contributed by atoms with Crippen molar-refractivity contribution in [3.8, 4) is 10.8 Å². The van der Waals surface area contributed by atoms with Crippen LogP contribution in [0.25, 0.3) is 21.7 Å². The molecule has 4 heteroatoms. The molecule has 0 aliphatic heterocycles. The van der Waals surface area contributed by atoms with Crippen LogP contribution in [-0.4, -0.2) is 11.5 Å². The number of hydrogen-bond donors (Lipinski definition) is 1. The van der Waals surface area contributed by atoms with Gasteiger partial charge in [0.2, 0.25) is 0 Å². The van der Waals surface area contributed by atoms with Crippen molar-refractivity contribution in [3.63, 3.8) is 0 Å². The summed E-state index contributed by atoms with van der Waals surface area (Å²) >= 11 is 1.74. The van der Waals surface area contributed by atoms with Gasteiger partial charge in [0.1, 0.15) is 5.58 Å². The SMILES string of the molecule is CCCc1nc(-c2cc3ccccc3o2)sc1CNCC. The van der Waals surface area contributed by atoms with E-state index >= 15 is 0 Å². The number of para-hydroxylation sites is 1. The van der Waals surface area contributed by atoms with E-state index < -0.39 is 0 Å². The maximum Gasteiger partial charge on any atom is 0.164 e. The average Bonchev–Trinajstić information content (AvgIpc) is 3.09. The monoisotopic (exact) mass is 300 g/mol. The van der Waals surface area contributed by atoms with E-state index in [2.05, 4.69) is 31.3 Å². The van der Waals surface area contributed by atoms with Gasteiger partial charge in [-0.1, -0.05) is 38.5 Å². The fourth-order valence-corrected chi connectivity index (χ4v) is 3.41. The summed E-state index contributed by atoms with van der Waals surface area (Å²) in [6.07, 6.45) is 2.14. The van der Waals surface area contributed by atoms with E-state index in [1.165, 1.54) is 10.6 Å². The second-order valence-corrected chi connectivity index (χ2v) is 6.15. The Hall–Kier alpha value is -1.65. The molecule has 0 spiro atoms. The minimum absolute atomic E-state index is 0.876. The van der Waals surface area contributed by atoms with Crippen LogP contribution >= 0.6 is 11.3 Å². The predicted octanol–water partition coefficient (Wildman–Crippen LogP) is 4.62. The molecule has 0 saturated carbocycles. The Bertz CT molecular complexity index is 696. The van der Waals surface area contributed by atoms with E-state index in [4.69, 9.17) is 9.40 Å². The average molecular weight is 300 g/mol. The third-order valence-electron chi connectivity index (χ3n) is 3.44. The van der Waals surface area contributed by atoms with Crippen molar-refractivity contribution in [2.24, 2.45) is 0 Å². The summed E-state index contributed by atoms with van der Waals surface area (Å²) in [7, 11) is 0. The summed E-state index contributed by atoms with van der Waals surface area (Å²) in [4.78, 5) is 6.13. The van der Waals surface area contributed by atoms with E-state index in [1.807, 2.05) is 18.2 Å². The molecule has 0 aliphatic rings. The van der Waals surface area contributed by atoms with Gasteiger partial charge in [0, 0.05) is 16.8 Å². The number of nitrogens with zero attached hydrogens (tertiary/aromatic N) is 1. The summed E-state index contributed by atoms with van der Waals surface area (Å²) in [6, 6.07) is 10.2. The number of benzene rings is 1. The first-order valence-corrected chi connectivity index (χ1v) is 8.31. The Morgan fingerprint density at radius 2 is 2.10 bits per heavy atom. The van der Waals surface area contributed by atoms with Gasteiger partial charge in [-0.15, -0.1) is 11.3 Å². The molecule has 1 N–H and O–H groups in total. The molecule has 2 heterocycles. The van der Waals surface area contributed by atoms with Crippen molar-refractivity contribution in [2.45, 2.75) is 33.2 Å². The smallest absolute Gasteiger partial charge is 0.164 e. The van der Waals surface area contributed by atoms with Gasteiger partial charge in [-0.25, -0.2) is 4.98 Å². The van der Waals surface area contributed by atoms with Crippen LogP contribution in [0.3, 0.4) is 0 Å². The number of furan rings is 1. The zero-order valence-electron chi connectivity index (χ0n) is 12.5. The summed E-state index contributed by atoms with van der Waals surface area (Å²) in [5.74, 6) is 0.876. The van der Waals surface area contributed by atoms with Crippen LogP contribution in [0.5, 0.6) is 0 Å². The van der Waals surface area contributed by atoms with Crippen LogP contribution in [0.15, 0.2) is 34.7 Å². The molecule has 21 heavy (non-hydrogen) atoms. The van der Waals surface area contributed by atoms with Crippen molar-refractivity contribution in [3.05, 3.63) is 40.9 Å². The summed E-state index contributed by atoms with van der Waals surface area (Å²) in [5.41, 5.74) is 2.13. The highest BCUT2D eigenvalue weighted by Gasteiger charge is 2.15. The van der Waals surface area contributed by atoms with Crippen molar-refractivity contribution in [1.82, 2.24) is 10.3 Å². The zero-order valence-corrected chi connectivity index (χ0v) is 13.3. The van der Waals surface area contributed by atoms with Crippen LogP contribution < -0.4 is 5.32 Å². The second-order valence-electron chi connectivity index (χ2n) is 5.07. The molecule has 0 bridgehead atoms. The standard InChI is InChI=1S/C17H20N2OS/c1-3-7-13-16(11-18-4-2)21-17(19-13)15-10-12-8-5-6-9-14(12)20-15/h5-6,8-10,18H,3-4,7,11H2,1-2H3. The van der Waals surface area contributed by atoms with E-state index in [-0.39, 0.29) is 0 Å². The molecule has 1 aromatic carbocycles. The molecule has 0 aliphatic carbocycles. The predicted molar refractivity (Wildman–Crippen MR) is 88.7 cm³/mol. The van der Waals surface area contributed by atoms with Gasteiger partial charge >= 0.3 is 0 Å². The molecule has 0 amide bonds. The Balaban J connectivity index is 1.96. The molecular formula is C17H20N2OS. The van der Waals surface area contributed by atoms with Gasteiger partial charge in [-0.05, 0) is 25.1 Å². The maximum atomic E-state index is 5.93. The van der Waals surface area contributed by atoms with Crippen molar-refractivity contribution in [2.75, 3.05) is 6.54 Å². The van der Waals surface area contributed by atoms with Gasteiger partial charge in [-0.3, -0.25) is 0 Å². The van der Waals surface area contributed by atoms with Crippen molar-refractivity contribution < 1.29 is 4.42 Å². The molecule has 0 radical (unpaired) electrons. The Kier molecular flexibility index (Phi) is 4.36. The lowest BCUT2D eigenvalue weighted by atomic mass is 10.2. The van der Waals surface area contributed by atoms with Crippen molar-refractivity contribution in [1.29, 1.82) is 0 Å². The maximum absolute atomic E-state index is 5.93. The molecule has 2 aromatic heterocycles. The second kappa shape index (κ2) is 6.41. The highest BCUT2D eigenvalue weighted by atomic mass is 32.1. The quantitative estimate of drug-likeness (QED) is 0.722. The van der Waals surface area contributed by atoms with Gasteiger partial charge in [0.25, 0.3) is 0 Å². The molecule has 0 unspecified atom stereocenters. The fourth-order valence-electron chi connectivity index (χ4n) is 2.38. The molecule has 3 rings (SSSR count). The summed E-state index contributed by atoms with van der Waals surface area (Å²) in [5, 5.41) is 5.52. The van der Waals surface area contributed by atoms with E-state index in [9.17, 15) is 0 Å². The Morgan fingerprint density at radius 3 is 2.86 bits per heavy atom. The topological polar surface area (TPSA) is 38.1 Å². The normalized spacial score (nSPS) is 11.3. The summed E-state index contributed by atoms with van der Waals surface area (Å²) in [6.45, 7) is 6.19. The Labute approximate surface area is 129 Å². The lowest BCUT2D eigenvalue weighted by Gasteiger charge is -2.00. The van der Waals surface area contributed by atoms with Crippen LogP contribution in [0.1, 0.15) is 30.8 Å². The zero-order chi connectivity index (χ0) is 14.7. The van der Waals surface area contributed by atoms with Gasteiger partial charge in [0.05, 0.1) is 5.69 Å². The Morgan fingerprint density at radius 1 is 1.24 bits per heavy atom. The molecular weight excluding hydrogens is 280 g/mol. The minimum atomic E-state index is 0.876. The molecule has 0 saturated heterocycles. The molecule has 0 fully saturated rings. The lowest BCUT2D eigenvalue weighted by Crippen LogP contribution is -2.11. The largest absolute Gasteiger partial charge is 0.454 e. The summed E-state index contributed by atoms with van der Waals surface area (Å²) < 4.78 is 5.93. The lowest BCUT2D eigenvalue weighted by molar-refractivity contribution is 0.630. The van der Waals surface area contributed by atoms with Crippen molar-refractivity contribution >= 4 is 22.3 Å². The number of nitrogens with one attached hydrogen (secondary N) is 1. The van der Waals surface area contributed by atoms with Gasteiger partial charge < -0.3 is 9.73 Å². The van der Waals surface area contributed by atoms with Gasteiger partial charge in [0.15, 0.2) is 10.8 Å². The number of aromatic nitrogens is 1. The highest BCUT2D eigenvalue weighted by molar-refractivity contribution is 7.15. The number of hydrogen-bond acceptors (Lipinski definition) is 4. The van der Waals surface area contributed by atoms with E-state index in [0.29, 0.717) is 0 Å². The third kappa shape index (κ3) is 3.01. The fraction of sp³-hybridized carbons (Fsp3) is 0.353. The molecule has 3 aromatic rings. The highest BCUT2D eigenvalue weighted by Crippen LogP contribution is 2.32. The van der Waals surface area contributed by atoms with E-state index in [0.717, 1.165) is 47.7 Å². The molecule has 110 valence electrons. The van der Waals surface area contributed by atoms with Crippen LogP contribution in [-0.2, 0) is 13.0 Å². The number of thiazole rings is 1. The van der Waals surface area contributed by atoms with Crippen LogP contribution in [0.2, 0.25) is 0 Å². The molecule has 3 nitrogen and oxygen atoms in total. The minimum Gasteiger partial charge on any atom is -0.454 e. The van der Waals surface area contributed by atoms with Crippen LogP contribution in [0, 0.1) is 0 Å². The van der Waals surface area contributed by atoms with Crippen LogP contribution in [0.4, 0.5) is 0 Å².